The average molecular weight is 1550 g/mol. The predicted octanol–water partition coefficient (Wildman–Crippen LogP) is 6.65. The molecule has 2 heterocycles. The monoisotopic (exact) mass is 1550 g/mol. The van der Waals surface area contributed by atoms with Gasteiger partial charge in [-0.2, -0.15) is 13.2 Å². The third kappa shape index (κ3) is 23.3. The van der Waals surface area contributed by atoms with Crippen molar-refractivity contribution in [3.05, 3.63) is 12.2 Å². The third-order valence-corrected chi connectivity index (χ3v) is 23.9. The van der Waals surface area contributed by atoms with E-state index in [4.69, 9.17) is 9.47 Å². The molecule has 109 heavy (non-hydrogen) atoms. The van der Waals surface area contributed by atoms with Crippen LogP contribution in [0.5, 0.6) is 0 Å². The van der Waals surface area contributed by atoms with Crippen LogP contribution in [-0.4, -0.2) is 284 Å². The number of carbonyl (C=O) groups is 12. The van der Waals surface area contributed by atoms with Crippen LogP contribution < -0.4 is 21.3 Å². The van der Waals surface area contributed by atoms with E-state index in [9.17, 15) is 46.7 Å². The van der Waals surface area contributed by atoms with Gasteiger partial charge in [0.15, 0.2) is 0 Å². The first-order valence-corrected chi connectivity index (χ1v) is 39.7. The lowest BCUT2D eigenvalue weighted by molar-refractivity contribution is -0.219. The van der Waals surface area contributed by atoms with Crippen LogP contribution in [0.25, 0.3) is 0 Å². The van der Waals surface area contributed by atoms with Crippen molar-refractivity contribution in [3.63, 3.8) is 0 Å². The van der Waals surface area contributed by atoms with Gasteiger partial charge in [-0.25, -0.2) is 8.78 Å². The number of amides is 12. The van der Waals surface area contributed by atoms with Crippen molar-refractivity contribution in [1.82, 2.24) is 60.5 Å². The fourth-order valence-corrected chi connectivity index (χ4v) is 17.1. The summed E-state index contributed by atoms with van der Waals surface area (Å²) < 4.78 is 85.0. The van der Waals surface area contributed by atoms with Gasteiger partial charge >= 0.3 is 6.18 Å². The van der Waals surface area contributed by atoms with E-state index in [1.807, 2.05) is 60.6 Å². The molecule has 0 bridgehead atoms. The molecule has 2 aliphatic heterocycles. The maximum absolute atomic E-state index is 15.8. The fourth-order valence-electron chi connectivity index (χ4n) is 17.1. The largest absolute Gasteiger partial charge is 0.397 e. The smallest absolute Gasteiger partial charge is 0.382 e. The summed E-state index contributed by atoms with van der Waals surface area (Å²) in [5, 5.41) is 11.4. The van der Waals surface area contributed by atoms with E-state index in [1.165, 1.54) is 87.9 Å². The molecule has 0 aromatic carbocycles. The number of hydrogen-bond acceptors (Lipinski definition) is 14. The van der Waals surface area contributed by atoms with Crippen LogP contribution in [-0.2, 0) is 67.0 Å². The van der Waals surface area contributed by atoms with Crippen molar-refractivity contribution in [2.24, 2.45) is 35.0 Å². The number of likely N-dealkylation sites (N-methyl/N-ethyl adjacent to an activating group) is 6. The second kappa shape index (κ2) is 40.4. The van der Waals surface area contributed by atoms with E-state index in [0.29, 0.717) is 51.5 Å². The molecule has 0 aromatic rings. The molecule has 31 heteroatoms. The van der Waals surface area contributed by atoms with Gasteiger partial charge in [-0.05, 0) is 113 Å². The number of alkyl halides is 5. The van der Waals surface area contributed by atoms with E-state index in [-0.39, 0.29) is 88.5 Å². The molecular weight excluding hydrogens is 1420 g/mol. The average Bonchev–Trinajstić information content (AvgIpc) is 1.16. The van der Waals surface area contributed by atoms with E-state index in [0.717, 1.165) is 53.2 Å². The van der Waals surface area contributed by atoms with Gasteiger partial charge in [-0.3, -0.25) is 57.5 Å². The molecule has 6 rings (SSSR count). The number of rotatable bonds is 36. The van der Waals surface area contributed by atoms with Crippen molar-refractivity contribution in [2.75, 3.05) is 89.2 Å². The summed E-state index contributed by atoms with van der Waals surface area (Å²) in [5.74, 6) is -12.6. The Morgan fingerprint density at radius 2 is 1.37 bits per heavy atom. The maximum atomic E-state index is 15.8. The molecular formula is C78H127F5N12O14. The Labute approximate surface area is 641 Å². The first-order chi connectivity index (χ1) is 51.2. The highest BCUT2D eigenvalue weighted by molar-refractivity contribution is 6.01. The minimum atomic E-state index is -5.18. The molecule has 0 spiro atoms. The summed E-state index contributed by atoms with van der Waals surface area (Å²) in [4.78, 5) is 186. The molecule has 1 saturated heterocycles. The number of hydrogen-bond donors (Lipinski definition) is 4. The Kier molecular flexibility index (Phi) is 33.7. The van der Waals surface area contributed by atoms with Crippen LogP contribution >= 0.6 is 0 Å². The lowest BCUT2D eigenvalue weighted by Crippen LogP contribution is -2.71. The Balaban J connectivity index is 1.32. The van der Waals surface area contributed by atoms with E-state index in [2.05, 4.69) is 21.3 Å². The number of methoxy groups -OCH3 is 1. The lowest BCUT2D eigenvalue weighted by Gasteiger charge is -2.54. The van der Waals surface area contributed by atoms with Crippen molar-refractivity contribution in [1.29, 1.82) is 0 Å². The highest BCUT2D eigenvalue weighted by Crippen LogP contribution is 2.50. The lowest BCUT2D eigenvalue weighted by atomic mass is 9.58. The van der Waals surface area contributed by atoms with Crippen LogP contribution in [0.15, 0.2) is 12.2 Å². The molecule has 5 fully saturated rings. The number of nitrogens with zero attached hydrogens (tertiary/aromatic N) is 8. The first-order valence-electron chi connectivity index (χ1n) is 39.7. The number of nitrogens with one attached hydrogen (secondary N) is 4. The van der Waals surface area contributed by atoms with Gasteiger partial charge in [0.2, 0.25) is 70.9 Å². The summed E-state index contributed by atoms with van der Waals surface area (Å²) in [6, 6.07) is -10.1. The Morgan fingerprint density at radius 3 is 1.91 bits per heavy atom. The summed E-state index contributed by atoms with van der Waals surface area (Å²) in [7, 11) is 11.3. The topological polar surface area (TPSA) is 297 Å². The van der Waals surface area contributed by atoms with Crippen LogP contribution in [0.1, 0.15) is 203 Å². The standard InChI is InChI=1S/C78H127F5N12O14/c1-17-35-84-69(101)65(47(5)18-2)86-67(99)61(44-108-16)91(13)63(98)41-59(71(103)88(9)10)92(14)74(106)66(51(19-3)20-4)93(15)75(107)77(45-76(7,8)46-77)87-68(100)58-40-53(109-52-30-27-31-52)42-95(58)70(102)56(34-33-50-37-54(79)64(55(80)38-50)78(81,82)83)85-62(97)43-89(11)72(104)60(39-49-28-23-21-24-29-49)94-36-26-22-25-32-57(73(94)105)90(12)48(6)96/h22,25,47,49-61,64-66H,17-21,23-24,26-46H2,1-16H3,(H,84,101)(H,85,97)(H,86,99)(H,87,100)/b25-22-/t47-,50?,53+,54?,55?,56-,57-,58-,59-,60-,61-,64?,65-,66-/m0/s1. The highest BCUT2D eigenvalue weighted by atomic mass is 19.4. The van der Waals surface area contributed by atoms with Gasteiger partial charge in [0.25, 0.3) is 0 Å². The minimum absolute atomic E-state index is 0.0325. The van der Waals surface area contributed by atoms with Crippen LogP contribution in [0, 0.1) is 35.0 Å². The highest BCUT2D eigenvalue weighted by Gasteiger charge is 2.60. The van der Waals surface area contributed by atoms with Crippen molar-refractivity contribution in [2.45, 2.75) is 288 Å². The normalized spacial score (nSPS) is 24.5. The zero-order valence-electron chi connectivity index (χ0n) is 67.5. The SMILES string of the molecule is CCCNC(=O)[C@@H](NC(=O)[C@H](COC)N(C)C(=O)C[C@@H](C(=O)N(C)C)N(C)C(=O)[C@H](C(CC)CC)N(C)C(=O)C1(NC(=O)[C@@H]2C[C@@H](OC3CCC3)CN2C(=O)[C@H](CCC2CC(F)C(C(F)(F)F)C(F)C2)NC(=O)CN(C)C(=O)[C@H](CC2CCCCC2)N2CC/C=C\C[C@H](N(C)C(C)=O)C2=O)CC(C)(C)C1)[C@@H](C)CC. The van der Waals surface area contributed by atoms with Crippen LogP contribution in [0.4, 0.5) is 22.0 Å². The fraction of sp³-hybridized carbons (Fsp3) is 0.821. The molecule has 618 valence electrons. The van der Waals surface area contributed by atoms with E-state index >= 15 is 32.8 Å². The van der Waals surface area contributed by atoms with E-state index in [1.54, 1.807) is 0 Å². The van der Waals surface area contributed by atoms with Gasteiger partial charge < -0.3 is 69.9 Å². The molecule has 0 aromatic heterocycles. The van der Waals surface area contributed by atoms with Crippen LogP contribution in [0.3, 0.4) is 0 Å². The van der Waals surface area contributed by atoms with Crippen LogP contribution in [0.2, 0.25) is 0 Å². The quantitative estimate of drug-likeness (QED) is 0.0377. The molecule has 4 saturated carbocycles. The zero-order valence-corrected chi connectivity index (χ0v) is 67.5. The molecule has 2 unspecified atom stereocenters. The second-order valence-corrected chi connectivity index (χ2v) is 32.9. The van der Waals surface area contributed by atoms with Crippen molar-refractivity contribution in [3.8, 4) is 0 Å². The molecule has 12 amide bonds. The number of ether oxygens (including phenoxy) is 2. The predicted molar refractivity (Wildman–Crippen MR) is 398 cm³/mol. The van der Waals surface area contributed by atoms with Crippen molar-refractivity contribution < 1.29 is 89.0 Å². The molecule has 4 aliphatic carbocycles. The second-order valence-electron chi connectivity index (χ2n) is 32.9. The first kappa shape index (κ1) is 90.8. The summed E-state index contributed by atoms with van der Waals surface area (Å²) >= 11 is 0. The Bertz CT molecular complexity index is 3170. The zero-order chi connectivity index (χ0) is 81.3. The molecule has 12 atom stereocenters. The Morgan fingerprint density at radius 1 is 0.734 bits per heavy atom. The summed E-state index contributed by atoms with van der Waals surface area (Å²) in [6.45, 7) is 13.6. The van der Waals surface area contributed by atoms with Gasteiger partial charge in [0, 0.05) is 89.4 Å². The molecule has 0 radical (unpaired) electrons. The van der Waals surface area contributed by atoms with E-state index < -0.39 is 192 Å². The van der Waals surface area contributed by atoms with Gasteiger partial charge in [-0.1, -0.05) is 112 Å². The molecule has 6 aliphatic rings. The molecule has 4 N–H and O–H groups in total. The third-order valence-electron chi connectivity index (χ3n) is 23.9. The van der Waals surface area contributed by atoms with Gasteiger partial charge in [0.1, 0.15) is 72.1 Å². The Hall–Kier alpha value is -7.05. The minimum Gasteiger partial charge on any atom is -0.382 e. The summed E-state index contributed by atoms with van der Waals surface area (Å²) in [6.07, 6.45) is -1.06. The maximum Gasteiger partial charge on any atom is 0.397 e. The molecule has 26 nitrogen and oxygen atoms in total. The van der Waals surface area contributed by atoms with Crippen molar-refractivity contribution >= 4 is 70.9 Å². The summed E-state index contributed by atoms with van der Waals surface area (Å²) in [5.41, 5.74) is -2.33. The van der Waals surface area contributed by atoms with Gasteiger partial charge in [0.05, 0.1) is 31.8 Å². The van der Waals surface area contributed by atoms with Gasteiger partial charge in [-0.15, -0.1) is 0 Å². The number of likely N-dealkylation sites (tertiary alicyclic amines) is 1. The number of halogens is 5. The number of carbonyl (C=O) groups excluding carboxylic acids is 12.